The quantitative estimate of drug-likeness (QED) is 0.799. The second-order valence-corrected chi connectivity index (χ2v) is 5.47. The van der Waals surface area contributed by atoms with Crippen LogP contribution in [0.2, 0.25) is 0 Å². The first-order valence-electron chi connectivity index (χ1n) is 7.63. The van der Waals surface area contributed by atoms with E-state index in [2.05, 4.69) is 0 Å². The fourth-order valence-corrected chi connectivity index (χ4v) is 1.92. The molecule has 24 heavy (non-hydrogen) atoms. The van der Waals surface area contributed by atoms with Crippen LogP contribution >= 0.6 is 0 Å². The first-order valence-corrected chi connectivity index (χ1v) is 7.63. The highest BCUT2D eigenvalue weighted by molar-refractivity contribution is 5.91. The van der Waals surface area contributed by atoms with Crippen molar-refractivity contribution in [1.82, 2.24) is 0 Å². The van der Waals surface area contributed by atoms with Gasteiger partial charge < -0.3 is 10.2 Å². The Hall–Kier alpha value is -2.88. The molecule has 0 spiro atoms. The van der Waals surface area contributed by atoms with Gasteiger partial charge in [-0.1, -0.05) is 67.6 Å². The first-order chi connectivity index (χ1) is 11.4. The number of benzene rings is 2. The van der Waals surface area contributed by atoms with Gasteiger partial charge >= 0.3 is 11.9 Å². The van der Waals surface area contributed by atoms with Crippen LogP contribution in [0, 0.1) is 5.92 Å². The van der Waals surface area contributed by atoms with Crippen molar-refractivity contribution in [2.24, 2.45) is 5.92 Å². The fraction of sp³-hybridized carbons (Fsp3) is 0.200. The number of carboxylic acid groups (broad SMARTS) is 2. The molecule has 128 valence electrons. The Balaban J connectivity index is 0.000000443. The van der Waals surface area contributed by atoms with Gasteiger partial charge in [0.15, 0.2) is 0 Å². The zero-order valence-electron chi connectivity index (χ0n) is 13.8. The standard InChI is InChI=1S/C10H12O2.C10H10O2.H2/c2*1-8(10(11)12)7-9-5-3-2-4-6-9;/h2-6,8H,7H2,1H3,(H,11,12);2-7H,1H3,(H,11,12);1H/b;8-7+;. The lowest BCUT2D eigenvalue weighted by molar-refractivity contribution is -0.141. The molecule has 0 aliphatic carbocycles. The molecule has 0 saturated heterocycles. The van der Waals surface area contributed by atoms with Gasteiger partial charge in [0.05, 0.1) is 5.92 Å². The Labute approximate surface area is 143 Å². The molecule has 0 aromatic heterocycles. The molecular weight excluding hydrogens is 304 g/mol. The Bertz CT molecular complexity index is 681. The molecule has 0 amide bonds. The summed E-state index contributed by atoms with van der Waals surface area (Å²) < 4.78 is 0. The predicted octanol–water partition coefficient (Wildman–Crippen LogP) is 4.37. The molecule has 0 saturated carbocycles. The molecule has 2 aromatic rings. The van der Waals surface area contributed by atoms with E-state index in [1.807, 2.05) is 60.7 Å². The summed E-state index contributed by atoms with van der Waals surface area (Å²) >= 11 is 0. The molecule has 0 aliphatic rings. The van der Waals surface area contributed by atoms with Crippen molar-refractivity contribution >= 4 is 18.0 Å². The van der Waals surface area contributed by atoms with Crippen LogP contribution in [0.15, 0.2) is 66.2 Å². The highest BCUT2D eigenvalue weighted by Crippen LogP contribution is 2.07. The predicted molar refractivity (Wildman–Crippen MR) is 96.8 cm³/mol. The third-order valence-corrected chi connectivity index (χ3v) is 3.33. The van der Waals surface area contributed by atoms with E-state index < -0.39 is 11.9 Å². The molecule has 1 atom stereocenters. The van der Waals surface area contributed by atoms with Gasteiger partial charge in [0, 0.05) is 7.00 Å². The first kappa shape index (κ1) is 19.2. The van der Waals surface area contributed by atoms with E-state index >= 15 is 0 Å². The molecule has 0 fully saturated rings. The number of carbonyl (C=O) groups is 2. The van der Waals surface area contributed by atoms with Crippen LogP contribution in [-0.2, 0) is 16.0 Å². The lowest BCUT2D eigenvalue weighted by Crippen LogP contribution is -2.11. The van der Waals surface area contributed by atoms with Crippen molar-refractivity contribution < 1.29 is 21.2 Å². The van der Waals surface area contributed by atoms with E-state index in [0.29, 0.717) is 12.0 Å². The van der Waals surface area contributed by atoms with Gasteiger partial charge in [-0.3, -0.25) is 4.79 Å². The van der Waals surface area contributed by atoms with Crippen molar-refractivity contribution in [3.05, 3.63) is 77.4 Å². The average Bonchev–Trinajstić information content (AvgIpc) is 2.57. The van der Waals surface area contributed by atoms with Gasteiger partial charge in [0.2, 0.25) is 0 Å². The smallest absolute Gasteiger partial charge is 0.331 e. The van der Waals surface area contributed by atoms with Gasteiger partial charge in [-0.25, -0.2) is 4.79 Å². The van der Waals surface area contributed by atoms with Crippen LogP contribution < -0.4 is 0 Å². The van der Waals surface area contributed by atoms with E-state index in [1.165, 1.54) is 0 Å². The summed E-state index contributed by atoms with van der Waals surface area (Å²) in [5.74, 6) is -1.91. The van der Waals surface area contributed by atoms with Crippen LogP contribution in [0.4, 0.5) is 0 Å². The minimum atomic E-state index is -0.876. The molecule has 0 aliphatic heterocycles. The SMILES string of the molecule is C/C(=C\c1ccccc1)C(=O)O.CC(Cc1ccccc1)C(=O)O.[HH]. The highest BCUT2D eigenvalue weighted by Gasteiger charge is 2.10. The van der Waals surface area contributed by atoms with E-state index in [-0.39, 0.29) is 7.34 Å². The van der Waals surface area contributed by atoms with Crippen LogP contribution in [0.3, 0.4) is 0 Å². The summed E-state index contributed by atoms with van der Waals surface area (Å²) in [4.78, 5) is 20.9. The monoisotopic (exact) mass is 328 g/mol. The summed E-state index contributed by atoms with van der Waals surface area (Å²) in [5, 5.41) is 17.2. The molecule has 2 rings (SSSR count). The van der Waals surface area contributed by atoms with Crippen LogP contribution in [0.5, 0.6) is 0 Å². The lowest BCUT2D eigenvalue weighted by Gasteiger charge is -2.04. The summed E-state index contributed by atoms with van der Waals surface area (Å²) in [6, 6.07) is 19.0. The third-order valence-electron chi connectivity index (χ3n) is 3.33. The zero-order chi connectivity index (χ0) is 17.9. The van der Waals surface area contributed by atoms with Gasteiger partial charge in [-0.2, -0.15) is 0 Å². The van der Waals surface area contributed by atoms with Gasteiger partial charge in [0.1, 0.15) is 0 Å². The maximum atomic E-state index is 10.5. The number of hydrogen-bond donors (Lipinski definition) is 2. The van der Waals surface area contributed by atoms with Crippen LogP contribution in [0.25, 0.3) is 6.08 Å². The molecule has 0 radical (unpaired) electrons. The average molecular weight is 328 g/mol. The third kappa shape index (κ3) is 7.40. The molecule has 2 N–H and O–H groups in total. The maximum Gasteiger partial charge on any atom is 0.331 e. The number of hydrogen-bond acceptors (Lipinski definition) is 2. The van der Waals surface area contributed by atoms with Crippen molar-refractivity contribution in [2.75, 3.05) is 0 Å². The molecule has 0 bridgehead atoms. The summed E-state index contributed by atoms with van der Waals surface area (Å²) in [6.07, 6.45) is 2.25. The van der Waals surface area contributed by atoms with Gasteiger partial charge in [0.25, 0.3) is 0 Å². The normalized spacial score (nSPS) is 11.8. The topological polar surface area (TPSA) is 74.6 Å². The van der Waals surface area contributed by atoms with Crippen molar-refractivity contribution in [3.63, 3.8) is 0 Å². The van der Waals surface area contributed by atoms with Crippen molar-refractivity contribution in [3.8, 4) is 0 Å². The van der Waals surface area contributed by atoms with Crippen LogP contribution in [0.1, 0.15) is 26.4 Å². The van der Waals surface area contributed by atoms with E-state index in [4.69, 9.17) is 10.2 Å². The minimum absolute atomic E-state index is 0. The number of carboxylic acids is 2. The zero-order valence-corrected chi connectivity index (χ0v) is 13.8. The Morgan fingerprint density at radius 3 is 1.96 bits per heavy atom. The number of aliphatic carboxylic acids is 2. The van der Waals surface area contributed by atoms with E-state index in [1.54, 1.807) is 19.9 Å². The minimum Gasteiger partial charge on any atom is -0.481 e. The largest absolute Gasteiger partial charge is 0.481 e. The second kappa shape index (κ2) is 10.0. The van der Waals surface area contributed by atoms with Crippen LogP contribution in [-0.4, -0.2) is 22.2 Å². The van der Waals surface area contributed by atoms with E-state index in [0.717, 1.165) is 11.1 Å². The lowest BCUT2D eigenvalue weighted by atomic mass is 10.0. The Morgan fingerprint density at radius 2 is 1.50 bits per heavy atom. The summed E-state index contributed by atoms with van der Waals surface area (Å²) in [5.41, 5.74) is 2.34. The molecule has 2 aromatic carbocycles. The van der Waals surface area contributed by atoms with E-state index in [9.17, 15) is 9.59 Å². The molecule has 4 nitrogen and oxygen atoms in total. The molecule has 0 heterocycles. The summed E-state index contributed by atoms with van der Waals surface area (Å²) in [7, 11) is 0. The summed E-state index contributed by atoms with van der Waals surface area (Å²) in [6.45, 7) is 3.30. The molecule has 1 unspecified atom stereocenters. The van der Waals surface area contributed by atoms with Crippen molar-refractivity contribution in [1.29, 1.82) is 0 Å². The van der Waals surface area contributed by atoms with Gasteiger partial charge in [-0.15, -0.1) is 0 Å². The highest BCUT2D eigenvalue weighted by atomic mass is 16.4. The second-order valence-electron chi connectivity index (χ2n) is 5.47. The Kier molecular flexibility index (Phi) is 7.99. The Morgan fingerprint density at radius 1 is 1.00 bits per heavy atom. The molecule has 4 heteroatoms. The van der Waals surface area contributed by atoms with Crippen molar-refractivity contribution in [2.45, 2.75) is 20.3 Å². The van der Waals surface area contributed by atoms with Gasteiger partial charge in [-0.05, 0) is 30.5 Å². The number of rotatable bonds is 5. The fourth-order valence-electron chi connectivity index (χ4n) is 1.92. The maximum absolute atomic E-state index is 10.5. The molecular formula is C20H24O4.